The molecule has 7 nitrogen and oxygen atoms in total. The van der Waals surface area contributed by atoms with Crippen molar-refractivity contribution < 1.29 is 19.0 Å². The van der Waals surface area contributed by atoms with E-state index in [0.29, 0.717) is 17.2 Å². The fourth-order valence-corrected chi connectivity index (χ4v) is 2.76. The number of H-pyrrole nitrogens is 1. The minimum Gasteiger partial charge on any atom is -0.496 e. The van der Waals surface area contributed by atoms with Crippen LogP contribution in [-0.2, 0) is 6.61 Å². The maximum absolute atomic E-state index is 11.1. The van der Waals surface area contributed by atoms with Crippen LogP contribution < -0.4 is 19.9 Å². The Balaban J connectivity index is 1.74. The van der Waals surface area contributed by atoms with Gasteiger partial charge in [-0.25, -0.2) is 4.79 Å². The van der Waals surface area contributed by atoms with Gasteiger partial charge in [0.2, 0.25) is 5.88 Å². The van der Waals surface area contributed by atoms with Crippen LogP contribution in [0.4, 0.5) is 4.79 Å². The van der Waals surface area contributed by atoms with Gasteiger partial charge in [0.25, 0.3) is 0 Å². The normalized spacial score (nSPS) is 11.6. The van der Waals surface area contributed by atoms with Crippen molar-refractivity contribution in [1.29, 1.82) is 0 Å². The van der Waals surface area contributed by atoms with Gasteiger partial charge in [-0.1, -0.05) is 43.3 Å². The number of carbonyl (C=O) groups is 1. The third-order valence-electron chi connectivity index (χ3n) is 4.23. The minimum absolute atomic E-state index is 0.108. The number of hydrogen-bond acceptors (Lipinski definition) is 5. The third kappa shape index (κ3) is 4.38. The molecule has 1 aromatic heterocycles. The predicted octanol–water partition coefficient (Wildman–Crippen LogP) is 3.61. The van der Waals surface area contributed by atoms with E-state index in [1.807, 2.05) is 24.3 Å². The second-order valence-corrected chi connectivity index (χ2v) is 5.94. The molecule has 0 fully saturated rings. The Bertz CT molecular complexity index is 909. The molecule has 3 rings (SSSR count). The molecule has 1 amide bonds. The predicted molar refractivity (Wildman–Crippen MR) is 100 cm³/mol. The highest BCUT2D eigenvalue weighted by Crippen LogP contribution is 2.30. The smallest absolute Gasteiger partial charge is 0.409 e. The lowest BCUT2D eigenvalue weighted by Gasteiger charge is -2.13. The van der Waals surface area contributed by atoms with Crippen LogP contribution in [0.2, 0.25) is 0 Å². The third-order valence-corrected chi connectivity index (χ3v) is 4.23. The number of nitrogens with one attached hydrogen (secondary N) is 1. The van der Waals surface area contributed by atoms with Crippen LogP contribution in [0.1, 0.15) is 29.7 Å². The van der Waals surface area contributed by atoms with E-state index in [1.54, 1.807) is 18.2 Å². The zero-order chi connectivity index (χ0) is 19.2. The highest BCUT2D eigenvalue weighted by Gasteiger charge is 2.16. The number of methoxy groups -OCH3 is 1. The quantitative estimate of drug-likeness (QED) is 0.664. The molecule has 7 heteroatoms. The van der Waals surface area contributed by atoms with Crippen molar-refractivity contribution in [3.05, 3.63) is 71.4 Å². The summed E-state index contributed by atoms with van der Waals surface area (Å²) in [5.74, 6) is 1.40. The molecule has 3 N–H and O–H groups in total. The molecular formula is C20H21N3O4. The number of ether oxygens (including phenoxy) is 3. The fourth-order valence-electron chi connectivity index (χ4n) is 2.76. The lowest BCUT2D eigenvalue weighted by molar-refractivity contribution is 0.208. The van der Waals surface area contributed by atoms with Crippen LogP contribution in [0.5, 0.6) is 17.4 Å². The maximum Gasteiger partial charge on any atom is 0.409 e. The molecular weight excluding hydrogens is 346 g/mol. The molecule has 27 heavy (non-hydrogen) atoms. The molecule has 0 saturated heterocycles. The van der Waals surface area contributed by atoms with Gasteiger partial charge in [-0.3, -0.25) is 5.10 Å². The first-order valence-corrected chi connectivity index (χ1v) is 8.44. The van der Waals surface area contributed by atoms with E-state index in [9.17, 15) is 4.79 Å². The largest absolute Gasteiger partial charge is 0.496 e. The summed E-state index contributed by atoms with van der Waals surface area (Å²) >= 11 is 0. The van der Waals surface area contributed by atoms with Gasteiger partial charge in [-0.15, -0.1) is 5.10 Å². The zero-order valence-corrected chi connectivity index (χ0v) is 15.1. The van der Waals surface area contributed by atoms with Crippen LogP contribution in [0.25, 0.3) is 0 Å². The molecule has 1 heterocycles. The molecule has 0 aliphatic heterocycles. The average Bonchev–Trinajstić information content (AvgIpc) is 3.15. The highest BCUT2D eigenvalue weighted by atomic mass is 16.6. The van der Waals surface area contributed by atoms with E-state index >= 15 is 0 Å². The topological polar surface area (TPSA) is 99.5 Å². The van der Waals surface area contributed by atoms with Crippen molar-refractivity contribution in [3.8, 4) is 17.4 Å². The van der Waals surface area contributed by atoms with Gasteiger partial charge in [0.1, 0.15) is 18.1 Å². The lowest BCUT2D eigenvalue weighted by Crippen LogP contribution is -2.17. The van der Waals surface area contributed by atoms with E-state index in [1.165, 1.54) is 12.7 Å². The van der Waals surface area contributed by atoms with Gasteiger partial charge in [0, 0.05) is 17.7 Å². The number of nitrogens with zero attached hydrogens (tertiary/aromatic N) is 1. The number of rotatable bonds is 7. The summed E-state index contributed by atoms with van der Waals surface area (Å²) in [7, 11) is 1.53. The Hall–Kier alpha value is -3.48. The number of primary amides is 1. The summed E-state index contributed by atoms with van der Waals surface area (Å²) in [4.78, 5) is 11.1. The molecule has 0 bridgehead atoms. The summed E-state index contributed by atoms with van der Waals surface area (Å²) in [5, 5.41) is 7.21. The molecule has 0 saturated carbocycles. The van der Waals surface area contributed by atoms with Gasteiger partial charge < -0.3 is 19.9 Å². The van der Waals surface area contributed by atoms with Crippen LogP contribution >= 0.6 is 0 Å². The van der Waals surface area contributed by atoms with Gasteiger partial charge in [-0.2, -0.15) is 0 Å². The van der Waals surface area contributed by atoms with Crippen LogP contribution in [0.15, 0.2) is 54.6 Å². The Labute approximate surface area is 157 Å². The van der Waals surface area contributed by atoms with Gasteiger partial charge >= 0.3 is 6.09 Å². The number of benzene rings is 2. The molecule has 3 aromatic rings. The summed E-state index contributed by atoms with van der Waals surface area (Å²) in [5.41, 5.74) is 7.80. The second kappa shape index (κ2) is 8.27. The monoisotopic (exact) mass is 367 g/mol. The Morgan fingerprint density at radius 3 is 2.59 bits per heavy atom. The van der Waals surface area contributed by atoms with Crippen molar-refractivity contribution >= 4 is 6.09 Å². The van der Waals surface area contributed by atoms with Crippen molar-refractivity contribution in [2.75, 3.05) is 7.11 Å². The average molecular weight is 367 g/mol. The maximum atomic E-state index is 11.1. The van der Waals surface area contributed by atoms with Crippen molar-refractivity contribution in [2.45, 2.75) is 19.4 Å². The van der Waals surface area contributed by atoms with Crippen LogP contribution in [0, 0.1) is 0 Å². The number of hydrogen-bond donors (Lipinski definition) is 2. The molecule has 0 radical (unpaired) electrons. The number of carbonyl (C=O) groups excluding carboxylic acids is 1. The number of amides is 1. The Morgan fingerprint density at radius 2 is 1.89 bits per heavy atom. The first kappa shape index (κ1) is 18.3. The molecule has 1 atom stereocenters. The van der Waals surface area contributed by atoms with Gasteiger partial charge in [0.15, 0.2) is 0 Å². The summed E-state index contributed by atoms with van der Waals surface area (Å²) in [6.07, 6.45) is -0.900. The van der Waals surface area contributed by atoms with E-state index in [-0.39, 0.29) is 18.3 Å². The van der Waals surface area contributed by atoms with Crippen LogP contribution in [-0.4, -0.2) is 23.4 Å². The van der Waals surface area contributed by atoms with E-state index in [0.717, 1.165) is 5.69 Å². The highest BCUT2D eigenvalue weighted by molar-refractivity contribution is 5.69. The number of aromatic amines is 1. The van der Waals surface area contributed by atoms with Gasteiger partial charge in [-0.05, 0) is 17.7 Å². The molecule has 140 valence electrons. The second-order valence-electron chi connectivity index (χ2n) is 5.94. The number of aromatic nitrogens is 2. The Morgan fingerprint density at radius 1 is 1.15 bits per heavy atom. The van der Waals surface area contributed by atoms with Crippen molar-refractivity contribution in [1.82, 2.24) is 10.2 Å². The van der Waals surface area contributed by atoms with Crippen LogP contribution in [0.3, 0.4) is 0 Å². The fraction of sp³-hybridized carbons (Fsp3) is 0.200. The summed E-state index contributed by atoms with van der Waals surface area (Å²) < 4.78 is 16.1. The molecule has 0 aliphatic rings. The first-order valence-electron chi connectivity index (χ1n) is 8.44. The minimum atomic E-state index is -0.900. The van der Waals surface area contributed by atoms with Crippen molar-refractivity contribution in [2.24, 2.45) is 5.73 Å². The van der Waals surface area contributed by atoms with E-state index in [2.05, 4.69) is 29.3 Å². The first-order chi connectivity index (χ1) is 13.1. The SMILES string of the molecule is COc1cccc(OC(N)=O)c1COc1cc(C(C)c2ccccc2)[nH]n1. The van der Waals surface area contributed by atoms with Crippen molar-refractivity contribution in [3.63, 3.8) is 0 Å². The summed E-state index contributed by atoms with van der Waals surface area (Å²) in [6, 6.07) is 17.0. The van der Waals surface area contributed by atoms with Gasteiger partial charge in [0.05, 0.1) is 12.7 Å². The Kier molecular flexibility index (Phi) is 5.61. The zero-order valence-electron chi connectivity index (χ0n) is 15.1. The molecule has 0 spiro atoms. The molecule has 1 unspecified atom stereocenters. The molecule has 0 aliphatic carbocycles. The number of nitrogens with two attached hydrogens (primary N) is 1. The van der Waals surface area contributed by atoms with E-state index in [4.69, 9.17) is 19.9 Å². The standard InChI is InChI=1S/C20H21N3O4/c1-13(14-7-4-3-5-8-14)16-11-19(23-22-16)26-12-15-17(25-2)9-6-10-18(15)27-20(21)24/h3-11,13H,12H2,1-2H3,(H2,21,24)(H,22,23). The molecule has 2 aromatic carbocycles. The lowest BCUT2D eigenvalue weighted by atomic mass is 9.98. The summed E-state index contributed by atoms with van der Waals surface area (Å²) in [6.45, 7) is 2.20. The van der Waals surface area contributed by atoms with E-state index < -0.39 is 6.09 Å².